The number of nitrogens with zero attached hydrogens (tertiary/aromatic N) is 3. The Morgan fingerprint density at radius 1 is 1.15 bits per heavy atom. The number of amides is 1. The van der Waals surface area contributed by atoms with Crippen LogP contribution in [0.15, 0.2) is 53.6 Å². The Morgan fingerprint density at radius 2 is 1.82 bits per heavy atom. The minimum Gasteiger partial charge on any atom is -0.481 e. The number of carbonyl (C=O) groups is 2. The van der Waals surface area contributed by atoms with Crippen molar-refractivity contribution in [2.75, 3.05) is 6.54 Å². The second-order valence-electron chi connectivity index (χ2n) is 8.32. The van der Waals surface area contributed by atoms with E-state index in [-0.39, 0.29) is 12.3 Å². The van der Waals surface area contributed by atoms with Gasteiger partial charge in [0.05, 0.1) is 10.6 Å². The smallest absolute Gasteiger partial charge is 0.303 e. The lowest BCUT2D eigenvalue weighted by Gasteiger charge is -2.13. The molecule has 1 N–H and O–H groups in total. The van der Waals surface area contributed by atoms with Gasteiger partial charge >= 0.3 is 5.97 Å². The Bertz CT molecular complexity index is 1290. The number of hydrogen-bond acceptors (Lipinski definition) is 5. The lowest BCUT2D eigenvalue weighted by Crippen LogP contribution is -2.29. The first-order chi connectivity index (χ1) is 16.2. The Kier molecular flexibility index (Phi) is 7.00. The van der Waals surface area contributed by atoms with Crippen LogP contribution in [0.4, 0.5) is 0 Å². The van der Waals surface area contributed by atoms with E-state index in [4.69, 9.17) is 22.4 Å². The van der Waals surface area contributed by atoms with Crippen LogP contribution >= 0.6 is 24.0 Å². The predicted molar refractivity (Wildman–Crippen MR) is 140 cm³/mol. The van der Waals surface area contributed by atoms with Crippen LogP contribution in [-0.2, 0) is 9.59 Å². The molecule has 1 fully saturated rings. The van der Waals surface area contributed by atoms with Gasteiger partial charge < -0.3 is 5.11 Å². The summed E-state index contributed by atoms with van der Waals surface area (Å²) >= 11 is 6.65. The summed E-state index contributed by atoms with van der Waals surface area (Å²) in [5.41, 5.74) is 7.01. The van der Waals surface area contributed by atoms with Crippen LogP contribution in [0.2, 0.25) is 0 Å². The molecule has 8 heteroatoms. The van der Waals surface area contributed by atoms with Crippen molar-refractivity contribution < 1.29 is 14.7 Å². The number of hydrogen-bond donors (Lipinski definition) is 1. The van der Waals surface area contributed by atoms with E-state index in [0.29, 0.717) is 22.2 Å². The molecule has 1 aliphatic rings. The molecule has 2 heterocycles. The van der Waals surface area contributed by atoms with Crippen LogP contribution in [0.3, 0.4) is 0 Å². The summed E-state index contributed by atoms with van der Waals surface area (Å²) in [5.74, 6) is -1.08. The van der Waals surface area contributed by atoms with Crippen molar-refractivity contribution in [1.82, 2.24) is 14.7 Å². The maximum atomic E-state index is 13.1. The van der Waals surface area contributed by atoms with Gasteiger partial charge in [-0.05, 0) is 56.5 Å². The van der Waals surface area contributed by atoms with E-state index < -0.39 is 5.97 Å². The molecule has 0 spiro atoms. The van der Waals surface area contributed by atoms with Crippen molar-refractivity contribution in [1.29, 1.82) is 0 Å². The number of para-hydroxylation sites is 1. The summed E-state index contributed by atoms with van der Waals surface area (Å²) in [5, 5.41) is 13.8. The Hall–Kier alpha value is -3.23. The number of carboxylic acid groups (broad SMARTS) is 1. The van der Waals surface area contributed by atoms with Gasteiger partial charge in [0.2, 0.25) is 0 Å². The van der Waals surface area contributed by atoms with E-state index in [0.717, 1.165) is 33.6 Å². The third-order valence-corrected chi connectivity index (χ3v) is 6.99. The van der Waals surface area contributed by atoms with Gasteiger partial charge in [0.25, 0.3) is 5.91 Å². The Labute approximate surface area is 208 Å². The van der Waals surface area contributed by atoms with Gasteiger partial charge in [-0.2, -0.15) is 5.10 Å². The molecule has 0 atom stereocenters. The number of thiocarbonyl (C=S) groups is 1. The van der Waals surface area contributed by atoms with Gasteiger partial charge in [0, 0.05) is 30.3 Å². The minimum atomic E-state index is -0.886. The second kappa shape index (κ2) is 9.95. The second-order valence-corrected chi connectivity index (χ2v) is 9.99. The maximum Gasteiger partial charge on any atom is 0.303 e. The molecular formula is C26H25N3O3S2. The third kappa shape index (κ3) is 4.98. The average molecular weight is 492 g/mol. The Morgan fingerprint density at radius 3 is 2.47 bits per heavy atom. The largest absolute Gasteiger partial charge is 0.481 e. The molecule has 6 nitrogen and oxygen atoms in total. The molecule has 4 rings (SSSR count). The zero-order chi connectivity index (χ0) is 24.4. The molecule has 1 saturated heterocycles. The first-order valence-corrected chi connectivity index (χ1v) is 12.2. The monoisotopic (exact) mass is 491 g/mol. The average Bonchev–Trinajstić information content (AvgIpc) is 3.30. The molecule has 1 aromatic heterocycles. The van der Waals surface area contributed by atoms with Crippen molar-refractivity contribution >= 4 is 46.3 Å². The number of thioether (sulfide) groups is 1. The third-order valence-electron chi connectivity index (χ3n) is 5.61. The number of aryl methyl sites for hydroxylation is 3. The first kappa shape index (κ1) is 23.9. The number of carboxylic acids is 1. The van der Waals surface area contributed by atoms with Crippen molar-refractivity contribution in [3.8, 4) is 16.9 Å². The lowest BCUT2D eigenvalue weighted by molar-refractivity contribution is -0.137. The summed E-state index contributed by atoms with van der Waals surface area (Å²) in [6.45, 7) is 6.51. The maximum absolute atomic E-state index is 13.1. The standard InChI is InChI=1S/C26H25N3O3S2/c1-16-12-17(2)23(18(3)13-16)24-19(15-29(27-24)20-8-5-4-6-9-20)14-21-25(32)28(26(33)34-21)11-7-10-22(30)31/h4-6,8-9,12-15H,7,10-11H2,1-3H3,(H,30,31). The van der Waals surface area contributed by atoms with Gasteiger partial charge in [-0.1, -0.05) is 59.9 Å². The van der Waals surface area contributed by atoms with Gasteiger partial charge in [-0.3, -0.25) is 14.5 Å². The molecule has 0 aliphatic carbocycles. The molecule has 2 aromatic carbocycles. The number of carbonyl (C=O) groups excluding carboxylic acids is 1. The highest BCUT2D eigenvalue weighted by Gasteiger charge is 2.32. The van der Waals surface area contributed by atoms with Gasteiger partial charge in [0.1, 0.15) is 10.0 Å². The Balaban J connectivity index is 1.76. The van der Waals surface area contributed by atoms with Gasteiger partial charge in [0.15, 0.2) is 0 Å². The summed E-state index contributed by atoms with van der Waals surface area (Å²) < 4.78 is 2.27. The van der Waals surface area contributed by atoms with E-state index in [9.17, 15) is 9.59 Å². The highest BCUT2D eigenvalue weighted by molar-refractivity contribution is 8.26. The van der Waals surface area contributed by atoms with Gasteiger partial charge in [-0.25, -0.2) is 4.68 Å². The van der Waals surface area contributed by atoms with E-state index in [2.05, 4.69) is 32.9 Å². The molecule has 0 bridgehead atoms. The highest BCUT2D eigenvalue weighted by Crippen LogP contribution is 2.36. The minimum absolute atomic E-state index is 0.00389. The van der Waals surface area contributed by atoms with Crippen molar-refractivity contribution in [3.63, 3.8) is 0 Å². The molecule has 1 amide bonds. The van der Waals surface area contributed by atoms with Crippen LogP contribution in [-0.4, -0.2) is 42.5 Å². The summed E-state index contributed by atoms with van der Waals surface area (Å²) in [4.78, 5) is 25.9. The van der Waals surface area contributed by atoms with Crippen molar-refractivity contribution in [3.05, 3.63) is 75.8 Å². The zero-order valence-corrected chi connectivity index (χ0v) is 20.9. The van der Waals surface area contributed by atoms with Crippen LogP contribution in [0.25, 0.3) is 23.0 Å². The molecule has 0 unspecified atom stereocenters. The molecule has 0 saturated carbocycles. The SMILES string of the molecule is Cc1cc(C)c(-c2nn(-c3ccccc3)cc2C=C2SC(=S)N(CCCC(=O)O)C2=O)c(C)c1. The number of benzene rings is 2. The van der Waals surface area contributed by atoms with Crippen LogP contribution in [0.5, 0.6) is 0 Å². The van der Waals surface area contributed by atoms with Crippen LogP contribution < -0.4 is 0 Å². The fraction of sp³-hybridized carbons (Fsp3) is 0.231. The highest BCUT2D eigenvalue weighted by atomic mass is 32.2. The normalized spacial score (nSPS) is 14.9. The molecule has 0 radical (unpaired) electrons. The summed E-state index contributed by atoms with van der Waals surface area (Å²) in [7, 11) is 0. The summed E-state index contributed by atoms with van der Waals surface area (Å²) in [6, 6.07) is 14.1. The number of rotatable bonds is 7. The number of aliphatic carboxylic acids is 1. The fourth-order valence-corrected chi connectivity index (χ4v) is 5.48. The predicted octanol–water partition coefficient (Wildman–Crippen LogP) is 5.53. The van der Waals surface area contributed by atoms with E-state index in [1.807, 2.05) is 47.3 Å². The van der Waals surface area contributed by atoms with E-state index in [1.54, 1.807) is 0 Å². The molecule has 3 aromatic rings. The lowest BCUT2D eigenvalue weighted by atomic mass is 9.95. The topological polar surface area (TPSA) is 75.4 Å². The van der Waals surface area contributed by atoms with Gasteiger partial charge in [-0.15, -0.1) is 0 Å². The molecular weight excluding hydrogens is 466 g/mol. The van der Waals surface area contributed by atoms with Crippen molar-refractivity contribution in [2.45, 2.75) is 33.6 Å². The first-order valence-electron chi connectivity index (χ1n) is 10.9. The van der Waals surface area contributed by atoms with Crippen LogP contribution in [0, 0.1) is 20.8 Å². The molecule has 174 valence electrons. The number of aromatic nitrogens is 2. The van der Waals surface area contributed by atoms with E-state index in [1.165, 1.54) is 22.2 Å². The molecule has 1 aliphatic heterocycles. The van der Waals surface area contributed by atoms with E-state index >= 15 is 0 Å². The fourth-order valence-electron chi connectivity index (χ4n) is 4.18. The zero-order valence-electron chi connectivity index (χ0n) is 19.2. The summed E-state index contributed by atoms with van der Waals surface area (Å²) in [6.07, 6.45) is 4.13. The quantitative estimate of drug-likeness (QED) is 0.346. The van der Waals surface area contributed by atoms with Crippen LogP contribution in [0.1, 0.15) is 35.1 Å². The molecule has 34 heavy (non-hydrogen) atoms. The van der Waals surface area contributed by atoms with Crippen molar-refractivity contribution in [2.24, 2.45) is 0 Å².